The van der Waals surface area contributed by atoms with Gasteiger partial charge in [0, 0.05) is 11.8 Å². The molecule has 0 spiro atoms. The van der Waals surface area contributed by atoms with Crippen molar-refractivity contribution in [2.24, 2.45) is 5.41 Å². The predicted molar refractivity (Wildman–Crippen MR) is 58.3 cm³/mol. The Bertz CT molecular complexity index is 172. The Morgan fingerprint density at radius 2 is 1.64 bits per heavy atom. The van der Waals surface area contributed by atoms with E-state index in [1.807, 2.05) is 20.8 Å². The zero-order valence-corrected chi connectivity index (χ0v) is 10.6. The topological polar surface area (TPSA) is 77.8 Å². The van der Waals surface area contributed by atoms with Crippen molar-refractivity contribution < 1.29 is 20.1 Å². The number of rotatable bonds is 2. The summed E-state index contributed by atoms with van der Waals surface area (Å²) in [6, 6.07) is 0. The van der Waals surface area contributed by atoms with Crippen molar-refractivity contribution in [1.82, 2.24) is 0 Å². The number of carboxylic acids is 1. The number of aliphatic hydroxyl groups excluding tert-OH is 1. The van der Waals surface area contributed by atoms with Crippen molar-refractivity contribution in [1.29, 1.82) is 0 Å². The molecule has 4 nitrogen and oxygen atoms in total. The molecule has 0 bridgehead atoms. The van der Waals surface area contributed by atoms with Crippen LogP contribution in [0.4, 0.5) is 0 Å². The molecule has 0 amide bonds. The van der Waals surface area contributed by atoms with E-state index in [4.69, 9.17) is 10.2 Å². The lowest BCUT2D eigenvalue weighted by Crippen LogP contribution is -2.39. The number of aliphatic carboxylic acids is 1. The number of carboxylic acid groups (broad SMARTS) is 1. The number of aliphatic hydroxyl groups is 2. The Morgan fingerprint density at radius 1 is 1.36 bits per heavy atom. The number of halogens is 1. The molecule has 3 N–H and O–H groups in total. The predicted octanol–water partition coefficient (Wildman–Crippen LogP) is 1.59. The van der Waals surface area contributed by atoms with Crippen LogP contribution in [0.15, 0.2) is 0 Å². The largest absolute Gasteiger partial charge is 0.481 e. The van der Waals surface area contributed by atoms with E-state index in [9.17, 15) is 9.90 Å². The number of carbonyl (C=O) groups is 1. The molecule has 1 unspecified atom stereocenters. The molecular formula is C9H19BrO4. The highest BCUT2D eigenvalue weighted by atomic mass is 79.9. The highest BCUT2D eigenvalue weighted by Gasteiger charge is 2.36. The van der Waals surface area contributed by atoms with Crippen molar-refractivity contribution in [3.63, 3.8) is 0 Å². The first-order chi connectivity index (χ1) is 6.08. The van der Waals surface area contributed by atoms with Gasteiger partial charge in [0.15, 0.2) is 0 Å². The average Bonchev–Trinajstić information content (AvgIpc) is 2.03. The molecule has 0 aromatic heterocycles. The minimum atomic E-state index is -1.15. The van der Waals surface area contributed by atoms with Crippen LogP contribution in [0.3, 0.4) is 0 Å². The normalized spacial score (nSPS) is 15.1. The molecule has 86 valence electrons. The van der Waals surface area contributed by atoms with Crippen molar-refractivity contribution >= 4 is 21.9 Å². The third kappa shape index (κ3) is 7.29. The van der Waals surface area contributed by atoms with Crippen LogP contribution < -0.4 is 0 Å². The lowest BCUT2D eigenvalue weighted by molar-refractivity contribution is -0.136. The molecule has 0 rings (SSSR count). The molecule has 0 saturated carbocycles. The minimum absolute atomic E-state index is 0.222. The maximum Gasteiger partial charge on any atom is 0.303 e. The molecule has 0 aromatic carbocycles. The van der Waals surface area contributed by atoms with E-state index in [2.05, 4.69) is 15.9 Å². The molecule has 0 saturated heterocycles. The second-order valence-electron chi connectivity index (χ2n) is 3.91. The molecule has 1 atom stereocenters. The Hall–Kier alpha value is -0.130. The van der Waals surface area contributed by atoms with Gasteiger partial charge >= 0.3 is 5.97 Å². The van der Waals surface area contributed by atoms with Gasteiger partial charge in [-0.3, -0.25) is 4.79 Å². The second-order valence-corrected chi connectivity index (χ2v) is 5.23. The van der Waals surface area contributed by atoms with E-state index >= 15 is 0 Å². The molecule has 0 heterocycles. The third-order valence-electron chi connectivity index (χ3n) is 1.66. The fourth-order valence-corrected chi connectivity index (χ4v) is 0.237. The summed E-state index contributed by atoms with van der Waals surface area (Å²) in [7, 11) is 0. The zero-order chi connectivity index (χ0) is 12.0. The number of hydrogen-bond donors (Lipinski definition) is 3. The smallest absolute Gasteiger partial charge is 0.303 e. The summed E-state index contributed by atoms with van der Waals surface area (Å²) < 4.78 is -1.15. The quantitative estimate of drug-likeness (QED) is 0.666. The standard InChI is InChI=1S/C6H13BrO2.C3H6O2/c1-5(2,3)6(7,9)4-8;1-2-3(4)5/h8-9H,4H2,1-3H3;2H2,1H3,(H,4,5). The van der Waals surface area contributed by atoms with Crippen LogP contribution >= 0.6 is 15.9 Å². The molecule has 0 aromatic rings. The van der Waals surface area contributed by atoms with Crippen LogP contribution in [0.2, 0.25) is 0 Å². The van der Waals surface area contributed by atoms with Gasteiger partial charge in [-0.15, -0.1) is 0 Å². The third-order valence-corrected chi connectivity index (χ3v) is 3.10. The fraction of sp³-hybridized carbons (Fsp3) is 0.889. The van der Waals surface area contributed by atoms with Gasteiger partial charge in [0.05, 0.1) is 6.61 Å². The van der Waals surface area contributed by atoms with E-state index in [0.717, 1.165) is 0 Å². The lowest BCUT2D eigenvalue weighted by atomic mass is 9.89. The summed E-state index contributed by atoms with van der Waals surface area (Å²) in [4.78, 5) is 9.37. The molecule has 0 aliphatic carbocycles. The first kappa shape index (κ1) is 16.3. The Balaban J connectivity index is 0. The molecule has 5 heteroatoms. The van der Waals surface area contributed by atoms with E-state index in [1.54, 1.807) is 6.92 Å². The number of alkyl halides is 1. The van der Waals surface area contributed by atoms with Gasteiger partial charge in [-0.05, 0) is 0 Å². The van der Waals surface area contributed by atoms with Crippen LogP contribution in [-0.4, -0.2) is 32.4 Å². The molecule has 0 radical (unpaired) electrons. The van der Waals surface area contributed by atoms with E-state index in [-0.39, 0.29) is 18.4 Å². The first-order valence-corrected chi connectivity index (χ1v) is 5.11. The van der Waals surface area contributed by atoms with Gasteiger partial charge in [0.2, 0.25) is 0 Å². The van der Waals surface area contributed by atoms with Crippen LogP contribution in [0.25, 0.3) is 0 Å². The average molecular weight is 271 g/mol. The van der Waals surface area contributed by atoms with Crippen LogP contribution in [0, 0.1) is 5.41 Å². The highest BCUT2D eigenvalue weighted by Crippen LogP contribution is 2.34. The maximum atomic E-state index is 9.37. The van der Waals surface area contributed by atoms with E-state index in [0.29, 0.717) is 0 Å². The van der Waals surface area contributed by atoms with Gasteiger partial charge in [-0.1, -0.05) is 43.6 Å². The van der Waals surface area contributed by atoms with Crippen LogP contribution in [-0.2, 0) is 4.79 Å². The van der Waals surface area contributed by atoms with Gasteiger partial charge in [0.25, 0.3) is 0 Å². The Labute approximate surface area is 93.1 Å². The molecule has 0 aliphatic heterocycles. The van der Waals surface area contributed by atoms with Crippen LogP contribution in [0.1, 0.15) is 34.1 Å². The lowest BCUT2D eigenvalue weighted by Gasteiger charge is -2.33. The minimum Gasteiger partial charge on any atom is -0.481 e. The van der Waals surface area contributed by atoms with E-state index < -0.39 is 10.5 Å². The van der Waals surface area contributed by atoms with Crippen molar-refractivity contribution in [2.75, 3.05) is 6.61 Å². The monoisotopic (exact) mass is 270 g/mol. The summed E-state index contributed by atoms with van der Waals surface area (Å²) in [6.07, 6.45) is 0.222. The van der Waals surface area contributed by atoms with Crippen molar-refractivity contribution in [3.8, 4) is 0 Å². The van der Waals surface area contributed by atoms with E-state index in [1.165, 1.54) is 0 Å². The van der Waals surface area contributed by atoms with Crippen LogP contribution in [0.5, 0.6) is 0 Å². The molecule has 0 fully saturated rings. The summed E-state index contributed by atoms with van der Waals surface area (Å²) in [5.74, 6) is -0.745. The van der Waals surface area contributed by atoms with Gasteiger partial charge in [-0.25, -0.2) is 0 Å². The highest BCUT2D eigenvalue weighted by molar-refractivity contribution is 9.10. The van der Waals surface area contributed by atoms with Gasteiger partial charge in [-0.2, -0.15) is 0 Å². The van der Waals surface area contributed by atoms with Crippen molar-refractivity contribution in [2.45, 2.75) is 38.6 Å². The Kier molecular flexibility index (Phi) is 7.42. The maximum absolute atomic E-state index is 9.37. The second kappa shape index (κ2) is 6.37. The summed E-state index contributed by atoms with van der Waals surface area (Å²) in [5, 5.41) is 25.7. The van der Waals surface area contributed by atoms with Crippen molar-refractivity contribution in [3.05, 3.63) is 0 Å². The summed E-state index contributed by atoms with van der Waals surface area (Å²) in [5.41, 5.74) is -0.332. The molecular weight excluding hydrogens is 252 g/mol. The Morgan fingerprint density at radius 3 is 1.64 bits per heavy atom. The first-order valence-electron chi connectivity index (χ1n) is 4.32. The SMILES string of the molecule is CC(C)(C)C(O)(Br)CO.CCC(=O)O. The molecule has 0 aliphatic rings. The zero-order valence-electron chi connectivity index (χ0n) is 9.04. The summed E-state index contributed by atoms with van der Waals surface area (Å²) in [6.45, 7) is 6.87. The van der Waals surface area contributed by atoms with Gasteiger partial charge < -0.3 is 15.3 Å². The summed E-state index contributed by atoms with van der Waals surface area (Å²) >= 11 is 3.01. The molecule has 14 heavy (non-hydrogen) atoms. The fourth-order valence-electron chi connectivity index (χ4n) is 0.237. The van der Waals surface area contributed by atoms with Gasteiger partial charge in [0.1, 0.15) is 4.51 Å². The number of hydrogen-bond acceptors (Lipinski definition) is 3.